The third kappa shape index (κ3) is 6.13. The average molecular weight is 505 g/mol. The van der Waals surface area contributed by atoms with Crippen molar-refractivity contribution in [3.05, 3.63) is 82.4 Å². The van der Waals surface area contributed by atoms with Gasteiger partial charge in [0.05, 0.1) is 37.9 Å². The van der Waals surface area contributed by atoms with Crippen molar-refractivity contribution >= 4 is 17.1 Å². The molecule has 0 aliphatic carbocycles. The molecule has 0 amide bonds. The number of nitrogens with zero attached hydrogens (tertiary/aromatic N) is 4. The highest BCUT2D eigenvalue weighted by Crippen LogP contribution is 2.32. The summed E-state index contributed by atoms with van der Waals surface area (Å²) < 4.78 is 31.2. The lowest BCUT2D eigenvalue weighted by molar-refractivity contribution is 0.282. The molecule has 8 nitrogen and oxygen atoms in total. The Kier molecular flexibility index (Phi) is 8.15. The summed E-state index contributed by atoms with van der Waals surface area (Å²) in [5.74, 6) is 1.58. The van der Waals surface area contributed by atoms with Gasteiger partial charge in [-0.15, -0.1) is 0 Å². The Labute approximate surface area is 214 Å². The van der Waals surface area contributed by atoms with E-state index in [2.05, 4.69) is 10.0 Å². The van der Waals surface area contributed by atoms with E-state index in [0.717, 1.165) is 13.0 Å². The zero-order chi connectivity index (χ0) is 26.4. The molecule has 0 saturated carbocycles. The highest BCUT2D eigenvalue weighted by molar-refractivity contribution is 5.83. The summed E-state index contributed by atoms with van der Waals surface area (Å²) >= 11 is 0. The number of rotatable bonds is 10. The first-order valence-electron chi connectivity index (χ1n) is 11.8. The van der Waals surface area contributed by atoms with Gasteiger partial charge in [0.15, 0.2) is 17.3 Å². The van der Waals surface area contributed by atoms with E-state index in [-0.39, 0.29) is 11.4 Å². The number of halogens is 1. The Hall–Kier alpha value is -4.24. The quantitative estimate of drug-likeness (QED) is 0.235. The van der Waals surface area contributed by atoms with Crippen LogP contribution in [0.2, 0.25) is 0 Å². The first kappa shape index (κ1) is 25.8. The first-order valence-corrected chi connectivity index (χ1v) is 11.8. The van der Waals surface area contributed by atoms with Crippen molar-refractivity contribution in [1.29, 1.82) is 0 Å². The van der Waals surface area contributed by atoms with Crippen LogP contribution in [0.1, 0.15) is 12.0 Å². The van der Waals surface area contributed by atoms with Gasteiger partial charge in [0.25, 0.3) is 5.56 Å². The van der Waals surface area contributed by atoms with Crippen LogP contribution in [0, 0.1) is 5.82 Å². The van der Waals surface area contributed by atoms with Gasteiger partial charge >= 0.3 is 0 Å². The molecule has 3 aromatic carbocycles. The van der Waals surface area contributed by atoms with E-state index in [1.165, 1.54) is 30.1 Å². The Balaban J connectivity index is 1.81. The molecule has 0 bridgehead atoms. The molecule has 0 N–H and O–H groups in total. The van der Waals surface area contributed by atoms with Crippen LogP contribution < -0.4 is 19.8 Å². The predicted octanol–water partition coefficient (Wildman–Crippen LogP) is 4.43. The van der Waals surface area contributed by atoms with Gasteiger partial charge in [0.2, 0.25) is 0 Å². The molecular weight excluding hydrogens is 475 g/mol. The Morgan fingerprint density at radius 1 is 1.00 bits per heavy atom. The molecule has 0 saturated heterocycles. The molecule has 4 aromatic rings. The Morgan fingerprint density at radius 3 is 2.46 bits per heavy atom. The summed E-state index contributed by atoms with van der Waals surface area (Å²) in [4.78, 5) is 20.5. The SMILES string of the molecule is COc1ccc(-c2nc3ccc(OCCCN(C)C)cc3c(=O)n2N=Cc2ccc(F)cc2)cc1OC. The minimum Gasteiger partial charge on any atom is -0.494 e. The van der Waals surface area contributed by atoms with E-state index in [4.69, 9.17) is 19.2 Å². The van der Waals surface area contributed by atoms with Gasteiger partial charge in [-0.2, -0.15) is 9.78 Å². The average Bonchev–Trinajstić information content (AvgIpc) is 2.91. The molecule has 0 atom stereocenters. The van der Waals surface area contributed by atoms with E-state index in [1.807, 2.05) is 14.1 Å². The number of aromatic nitrogens is 2. The fourth-order valence-electron chi connectivity index (χ4n) is 3.76. The maximum atomic E-state index is 13.7. The van der Waals surface area contributed by atoms with Crippen LogP contribution in [0.15, 0.2) is 70.6 Å². The van der Waals surface area contributed by atoms with Gasteiger partial charge in [-0.1, -0.05) is 12.1 Å². The van der Waals surface area contributed by atoms with E-state index < -0.39 is 0 Å². The van der Waals surface area contributed by atoms with Gasteiger partial charge in [-0.25, -0.2) is 9.37 Å². The lowest BCUT2D eigenvalue weighted by Crippen LogP contribution is -2.20. The highest BCUT2D eigenvalue weighted by Gasteiger charge is 2.16. The zero-order valence-corrected chi connectivity index (χ0v) is 21.3. The second-order valence-corrected chi connectivity index (χ2v) is 8.60. The highest BCUT2D eigenvalue weighted by atomic mass is 19.1. The molecule has 0 unspecified atom stereocenters. The van der Waals surface area contributed by atoms with Crippen molar-refractivity contribution in [3.8, 4) is 28.6 Å². The number of fused-ring (bicyclic) bond motifs is 1. The van der Waals surface area contributed by atoms with Crippen molar-refractivity contribution < 1.29 is 18.6 Å². The number of hydrogen-bond acceptors (Lipinski definition) is 7. The van der Waals surface area contributed by atoms with Crippen LogP contribution >= 0.6 is 0 Å². The predicted molar refractivity (Wildman–Crippen MR) is 143 cm³/mol. The molecule has 0 radical (unpaired) electrons. The molecule has 0 aliphatic rings. The van der Waals surface area contributed by atoms with Gasteiger partial charge < -0.3 is 19.1 Å². The van der Waals surface area contributed by atoms with Gasteiger partial charge in [0.1, 0.15) is 11.6 Å². The smallest absolute Gasteiger partial charge is 0.282 e. The minimum absolute atomic E-state index is 0.316. The molecule has 37 heavy (non-hydrogen) atoms. The maximum absolute atomic E-state index is 13.7. The fraction of sp³-hybridized carbons (Fsp3) is 0.250. The van der Waals surface area contributed by atoms with Crippen LogP contribution in [0.25, 0.3) is 22.3 Å². The standard InChI is InChI=1S/C28H29FN4O4/c1-32(2)14-5-15-37-22-11-12-24-23(17-22)28(34)33(30-18-19-6-9-21(29)10-7-19)27(31-24)20-8-13-25(35-3)26(16-20)36-4/h6-13,16-18H,5,14-15H2,1-4H3. The molecule has 1 aromatic heterocycles. The summed E-state index contributed by atoms with van der Waals surface area (Å²) in [5.41, 5.74) is 1.37. The van der Waals surface area contributed by atoms with E-state index in [9.17, 15) is 9.18 Å². The van der Waals surface area contributed by atoms with Gasteiger partial charge in [-0.3, -0.25) is 4.79 Å². The third-order valence-corrected chi connectivity index (χ3v) is 5.67. The van der Waals surface area contributed by atoms with Crippen LogP contribution in [-0.2, 0) is 0 Å². The monoisotopic (exact) mass is 504 g/mol. The van der Waals surface area contributed by atoms with Crippen LogP contribution in [-0.4, -0.2) is 62.2 Å². The number of benzene rings is 3. The lowest BCUT2D eigenvalue weighted by atomic mass is 10.1. The number of methoxy groups -OCH3 is 2. The molecule has 9 heteroatoms. The van der Waals surface area contributed by atoms with E-state index >= 15 is 0 Å². The topological polar surface area (TPSA) is 78.2 Å². The summed E-state index contributed by atoms with van der Waals surface area (Å²) in [7, 11) is 7.10. The minimum atomic E-state index is -0.369. The zero-order valence-electron chi connectivity index (χ0n) is 21.3. The van der Waals surface area contributed by atoms with Crippen molar-refractivity contribution in [3.63, 3.8) is 0 Å². The molecule has 0 spiro atoms. The lowest BCUT2D eigenvalue weighted by Gasteiger charge is -2.13. The maximum Gasteiger partial charge on any atom is 0.282 e. The fourth-order valence-corrected chi connectivity index (χ4v) is 3.76. The van der Waals surface area contributed by atoms with Crippen molar-refractivity contribution in [2.24, 2.45) is 5.10 Å². The van der Waals surface area contributed by atoms with Crippen LogP contribution in [0.3, 0.4) is 0 Å². The van der Waals surface area contributed by atoms with Gasteiger partial charge in [-0.05, 0) is 74.6 Å². The summed E-state index contributed by atoms with van der Waals surface area (Å²) in [6, 6.07) is 16.3. The Morgan fingerprint density at radius 2 is 1.76 bits per heavy atom. The van der Waals surface area contributed by atoms with Gasteiger partial charge in [0, 0.05) is 12.1 Å². The summed E-state index contributed by atoms with van der Waals surface area (Å²) in [5, 5.41) is 4.80. The number of hydrogen-bond donors (Lipinski definition) is 0. The second kappa shape index (κ2) is 11.7. The van der Waals surface area contributed by atoms with Crippen LogP contribution in [0.5, 0.6) is 17.2 Å². The normalized spacial score (nSPS) is 11.4. The van der Waals surface area contributed by atoms with E-state index in [0.29, 0.717) is 51.7 Å². The molecule has 4 rings (SSSR count). The largest absolute Gasteiger partial charge is 0.494 e. The molecule has 192 valence electrons. The Bertz CT molecular complexity index is 1470. The van der Waals surface area contributed by atoms with Crippen LogP contribution in [0.4, 0.5) is 4.39 Å². The molecule has 0 aliphatic heterocycles. The molecule has 0 fully saturated rings. The van der Waals surface area contributed by atoms with Crippen molar-refractivity contribution in [2.45, 2.75) is 6.42 Å². The second-order valence-electron chi connectivity index (χ2n) is 8.60. The summed E-state index contributed by atoms with van der Waals surface area (Å²) in [6.07, 6.45) is 2.34. The van der Waals surface area contributed by atoms with Crippen molar-refractivity contribution in [2.75, 3.05) is 41.5 Å². The summed E-state index contributed by atoms with van der Waals surface area (Å²) in [6.45, 7) is 1.42. The van der Waals surface area contributed by atoms with E-state index in [1.54, 1.807) is 55.6 Å². The third-order valence-electron chi connectivity index (χ3n) is 5.67. The van der Waals surface area contributed by atoms with Crippen molar-refractivity contribution in [1.82, 2.24) is 14.6 Å². The first-order chi connectivity index (χ1) is 17.9. The molecule has 1 heterocycles. The number of ether oxygens (including phenoxy) is 3. The molecular formula is C28H29FN4O4.